The van der Waals surface area contributed by atoms with Crippen LogP contribution in [0.25, 0.3) is 0 Å². The zero-order valence-corrected chi connectivity index (χ0v) is 12.5. The molecule has 0 aromatic heterocycles. The molecule has 0 radical (unpaired) electrons. The highest BCUT2D eigenvalue weighted by Gasteiger charge is 2.27. The van der Waals surface area contributed by atoms with Gasteiger partial charge in [0.25, 0.3) is 0 Å². The van der Waals surface area contributed by atoms with Crippen molar-refractivity contribution in [2.24, 2.45) is 0 Å². The quantitative estimate of drug-likeness (QED) is 0.281. The average molecular weight is 296 g/mol. The maximum atomic E-state index is 11.3. The average Bonchev–Trinajstić information content (AvgIpc) is 2.18. The minimum atomic E-state index is -4.57. The Morgan fingerprint density at radius 1 is 1.42 bits per heavy atom. The van der Waals surface area contributed by atoms with Crippen LogP contribution in [-0.2, 0) is 18.6 Å². The summed E-state index contributed by atoms with van der Waals surface area (Å²) in [5, 5.41) is 0. The summed E-state index contributed by atoms with van der Waals surface area (Å²) in [5.41, 5.74) is 0. The molecule has 19 heavy (non-hydrogen) atoms. The van der Waals surface area contributed by atoms with Gasteiger partial charge >= 0.3 is 13.8 Å². The summed E-state index contributed by atoms with van der Waals surface area (Å²) in [6, 6.07) is 0. The molecule has 0 heterocycles. The van der Waals surface area contributed by atoms with Gasteiger partial charge in [-0.3, -0.25) is 9.32 Å². The van der Waals surface area contributed by atoms with E-state index in [9.17, 15) is 9.36 Å². The van der Waals surface area contributed by atoms with Gasteiger partial charge in [-0.1, -0.05) is 12.7 Å². The summed E-state index contributed by atoms with van der Waals surface area (Å²) in [7, 11) is 1.03. The van der Waals surface area contributed by atoms with Crippen molar-refractivity contribution in [2.45, 2.75) is 18.9 Å². The van der Waals surface area contributed by atoms with Gasteiger partial charge in [-0.2, -0.15) is 0 Å². The van der Waals surface area contributed by atoms with E-state index in [0.29, 0.717) is 11.0 Å². The van der Waals surface area contributed by atoms with Gasteiger partial charge in [-0.05, 0) is 6.42 Å². The zero-order chi connectivity index (χ0) is 15.1. The number of likely N-dealkylation sites (N-methyl/N-ethyl adjacent to an activating group) is 1. The van der Waals surface area contributed by atoms with Gasteiger partial charge in [-0.15, -0.1) is 0 Å². The molecule has 0 aliphatic rings. The Hall–Kier alpha value is -0.720. The Labute approximate surface area is 113 Å². The number of phosphoric ester groups is 1. The molecule has 0 saturated heterocycles. The normalized spacial score (nSPS) is 13.9. The van der Waals surface area contributed by atoms with E-state index in [0.717, 1.165) is 0 Å². The van der Waals surface area contributed by atoms with E-state index in [1.54, 1.807) is 0 Å². The number of carbonyl (C=O) groups is 1. The van der Waals surface area contributed by atoms with Crippen molar-refractivity contribution >= 4 is 13.8 Å². The van der Waals surface area contributed by atoms with E-state index in [1.165, 1.54) is 6.08 Å². The zero-order valence-electron chi connectivity index (χ0n) is 11.6. The lowest BCUT2D eigenvalue weighted by molar-refractivity contribution is -0.873. The lowest BCUT2D eigenvalue weighted by Crippen LogP contribution is -2.42. The smallest absolute Gasteiger partial charge is 0.461 e. The summed E-state index contributed by atoms with van der Waals surface area (Å²) in [5.74, 6) is -0.444. The monoisotopic (exact) mass is 296 g/mol. The Kier molecular flexibility index (Phi) is 7.47. The van der Waals surface area contributed by atoms with Crippen LogP contribution in [0.15, 0.2) is 12.7 Å². The predicted octanol–water partition coefficient (Wildman–Crippen LogP) is 0.680. The fourth-order valence-corrected chi connectivity index (χ4v) is 2.05. The van der Waals surface area contributed by atoms with Gasteiger partial charge in [0, 0.05) is 6.42 Å². The Morgan fingerprint density at radius 3 is 2.42 bits per heavy atom. The number of hydrogen-bond acceptors (Lipinski definition) is 4. The topological polar surface area (TPSA) is 93.1 Å². The second kappa shape index (κ2) is 7.77. The minimum Gasteiger partial charge on any atom is -0.461 e. The van der Waals surface area contributed by atoms with Gasteiger partial charge < -0.3 is 19.0 Å². The van der Waals surface area contributed by atoms with E-state index < -0.39 is 19.9 Å². The third-order valence-corrected chi connectivity index (χ3v) is 2.64. The molecule has 1 atom stereocenters. The van der Waals surface area contributed by atoms with Crippen molar-refractivity contribution in [3.05, 3.63) is 12.7 Å². The summed E-state index contributed by atoms with van der Waals surface area (Å²) < 4.78 is 20.8. The second-order valence-corrected chi connectivity index (χ2v) is 6.39. The van der Waals surface area contributed by atoms with Gasteiger partial charge in [0.05, 0.1) is 21.1 Å². The van der Waals surface area contributed by atoms with Crippen molar-refractivity contribution in [2.75, 3.05) is 34.3 Å². The van der Waals surface area contributed by atoms with Crippen LogP contribution in [0.1, 0.15) is 12.8 Å². The molecule has 0 aliphatic carbocycles. The number of rotatable bonds is 9. The predicted molar refractivity (Wildman–Crippen MR) is 70.2 cm³/mol. The Morgan fingerprint density at radius 2 is 2.00 bits per heavy atom. The molecule has 0 fully saturated rings. The SMILES string of the molecule is C=CCOC(=O)CCC(C[N+](C)(C)C)OP(=O)(O)O. The molecule has 0 aromatic rings. The molecule has 112 valence electrons. The number of ether oxygens (including phenoxy) is 1. The second-order valence-electron chi connectivity index (χ2n) is 5.20. The molecular weight excluding hydrogens is 273 g/mol. The van der Waals surface area contributed by atoms with Crippen LogP contribution in [0, 0.1) is 0 Å². The summed E-state index contributed by atoms with van der Waals surface area (Å²) in [6.45, 7) is 3.92. The van der Waals surface area contributed by atoms with Crippen molar-refractivity contribution in [3.63, 3.8) is 0 Å². The summed E-state index contributed by atoms with van der Waals surface area (Å²) in [4.78, 5) is 29.0. The van der Waals surface area contributed by atoms with Crippen LogP contribution in [-0.4, -0.2) is 60.6 Å². The van der Waals surface area contributed by atoms with Gasteiger partial charge in [-0.25, -0.2) is 4.57 Å². The fraction of sp³-hybridized carbons (Fsp3) is 0.727. The molecule has 1 unspecified atom stereocenters. The third kappa shape index (κ3) is 12.1. The molecule has 0 aromatic carbocycles. The van der Waals surface area contributed by atoms with Crippen LogP contribution >= 0.6 is 7.82 Å². The molecule has 8 heteroatoms. The standard InChI is InChI=1S/C11H22NO6P/c1-5-8-17-11(13)7-6-10(9-12(2,3)4)18-19(14,15)16/h5,10H,1,6-9H2,2-4H3,(H-,14,15,16)/p+1. The molecule has 0 bridgehead atoms. The van der Waals surface area contributed by atoms with Crippen molar-refractivity contribution in [3.8, 4) is 0 Å². The molecule has 0 rings (SSSR count). The third-order valence-electron chi connectivity index (χ3n) is 2.07. The molecule has 0 saturated carbocycles. The van der Waals surface area contributed by atoms with Gasteiger partial charge in [0.15, 0.2) is 0 Å². The van der Waals surface area contributed by atoms with Crippen LogP contribution < -0.4 is 0 Å². The number of quaternary nitrogens is 1. The van der Waals surface area contributed by atoms with E-state index in [-0.39, 0.29) is 19.4 Å². The number of esters is 1. The molecule has 2 N–H and O–H groups in total. The molecule has 0 aliphatic heterocycles. The first-order chi connectivity index (χ1) is 8.53. The van der Waals surface area contributed by atoms with Crippen LogP contribution in [0.3, 0.4) is 0 Å². The van der Waals surface area contributed by atoms with E-state index in [1.807, 2.05) is 21.1 Å². The van der Waals surface area contributed by atoms with E-state index >= 15 is 0 Å². The highest BCUT2D eigenvalue weighted by molar-refractivity contribution is 7.46. The molecule has 7 nitrogen and oxygen atoms in total. The molecular formula is C11H23NO6P+. The van der Waals surface area contributed by atoms with Crippen molar-refractivity contribution in [1.82, 2.24) is 0 Å². The minimum absolute atomic E-state index is 0.0402. The number of nitrogens with zero attached hydrogens (tertiary/aromatic N) is 1. The first-order valence-corrected chi connectivity index (χ1v) is 7.37. The maximum Gasteiger partial charge on any atom is 0.470 e. The van der Waals surface area contributed by atoms with Crippen LogP contribution in [0.2, 0.25) is 0 Å². The first kappa shape index (κ1) is 18.3. The largest absolute Gasteiger partial charge is 0.470 e. The van der Waals surface area contributed by atoms with Crippen molar-refractivity contribution in [1.29, 1.82) is 0 Å². The Balaban J connectivity index is 4.38. The van der Waals surface area contributed by atoms with Crippen molar-refractivity contribution < 1.29 is 32.9 Å². The number of phosphoric acid groups is 1. The van der Waals surface area contributed by atoms with Gasteiger partial charge in [0.2, 0.25) is 0 Å². The van der Waals surface area contributed by atoms with Crippen LogP contribution in [0.4, 0.5) is 0 Å². The highest BCUT2D eigenvalue weighted by Crippen LogP contribution is 2.38. The first-order valence-electron chi connectivity index (χ1n) is 5.84. The van der Waals surface area contributed by atoms with Gasteiger partial charge in [0.1, 0.15) is 19.3 Å². The van der Waals surface area contributed by atoms with Crippen LogP contribution in [0.5, 0.6) is 0 Å². The number of hydrogen-bond donors (Lipinski definition) is 2. The highest BCUT2D eigenvalue weighted by atomic mass is 31.2. The van der Waals surface area contributed by atoms with E-state index in [4.69, 9.17) is 19.0 Å². The van der Waals surface area contributed by atoms with E-state index in [2.05, 4.69) is 6.58 Å². The lowest BCUT2D eigenvalue weighted by Gasteiger charge is -2.29. The summed E-state index contributed by atoms with van der Waals surface area (Å²) in [6.07, 6.45) is 0.972. The lowest BCUT2D eigenvalue weighted by atomic mass is 10.2. The maximum absolute atomic E-state index is 11.3. The molecule has 0 spiro atoms. The Bertz CT molecular complexity index is 346. The summed E-state index contributed by atoms with van der Waals surface area (Å²) >= 11 is 0. The number of carbonyl (C=O) groups excluding carboxylic acids is 1. The molecule has 0 amide bonds. The fourth-order valence-electron chi connectivity index (χ4n) is 1.49.